The summed E-state index contributed by atoms with van der Waals surface area (Å²) in [5.41, 5.74) is -0.227. The normalized spacial score (nSPS) is 11.3. The van der Waals surface area contributed by atoms with E-state index in [4.69, 9.17) is 16.3 Å². The number of nitrogens with one attached hydrogen (secondary N) is 2. The summed E-state index contributed by atoms with van der Waals surface area (Å²) in [4.78, 5) is 16.2. The molecule has 1 amide bonds. The van der Waals surface area contributed by atoms with Gasteiger partial charge in [-0.1, -0.05) is 11.6 Å². The van der Waals surface area contributed by atoms with Crippen molar-refractivity contribution in [1.82, 2.24) is 4.98 Å². The first-order chi connectivity index (χ1) is 12.3. The molecule has 1 aromatic carbocycles. The van der Waals surface area contributed by atoms with Crippen LogP contribution < -0.4 is 10.6 Å². The van der Waals surface area contributed by atoms with Crippen molar-refractivity contribution in [2.45, 2.75) is 12.6 Å². The molecule has 0 bridgehead atoms. The van der Waals surface area contributed by atoms with Crippen LogP contribution in [0.5, 0.6) is 0 Å². The van der Waals surface area contributed by atoms with Crippen LogP contribution in [0, 0.1) is 0 Å². The molecule has 140 valence electrons. The Balaban J connectivity index is 2.01. The first-order valence-corrected chi connectivity index (χ1v) is 8.06. The average molecular weight is 388 g/mol. The molecule has 0 atom stereocenters. The van der Waals surface area contributed by atoms with E-state index in [-0.39, 0.29) is 11.4 Å². The van der Waals surface area contributed by atoms with Gasteiger partial charge in [-0.3, -0.25) is 4.79 Å². The molecule has 0 saturated carbocycles. The van der Waals surface area contributed by atoms with E-state index in [2.05, 4.69) is 15.6 Å². The third-order valence-electron chi connectivity index (χ3n) is 3.38. The summed E-state index contributed by atoms with van der Waals surface area (Å²) in [5.74, 6) is -0.619. The number of alkyl halides is 3. The summed E-state index contributed by atoms with van der Waals surface area (Å²) in [7, 11) is 1.62. The lowest BCUT2D eigenvalue weighted by molar-refractivity contribution is -0.137. The quantitative estimate of drug-likeness (QED) is 0.689. The third kappa shape index (κ3) is 5.60. The highest BCUT2D eigenvalue weighted by molar-refractivity contribution is 6.31. The minimum Gasteiger partial charge on any atom is -0.385 e. The molecule has 0 saturated heterocycles. The van der Waals surface area contributed by atoms with E-state index in [9.17, 15) is 18.0 Å². The molecular weight excluding hydrogens is 371 g/mol. The minimum atomic E-state index is -4.60. The van der Waals surface area contributed by atoms with Crippen molar-refractivity contribution in [3.63, 3.8) is 0 Å². The van der Waals surface area contributed by atoms with Gasteiger partial charge in [0.25, 0.3) is 5.91 Å². The van der Waals surface area contributed by atoms with Crippen LogP contribution in [0.2, 0.25) is 5.02 Å². The van der Waals surface area contributed by atoms with E-state index in [1.165, 1.54) is 18.3 Å². The number of amides is 1. The van der Waals surface area contributed by atoms with Crippen molar-refractivity contribution < 1.29 is 22.7 Å². The first kappa shape index (κ1) is 20.0. The molecule has 2 aromatic rings. The second-order valence-electron chi connectivity index (χ2n) is 5.35. The molecule has 0 fully saturated rings. The lowest BCUT2D eigenvalue weighted by Crippen LogP contribution is -2.15. The van der Waals surface area contributed by atoms with E-state index in [0.717, 1.165) is 24.2 Å². The van der Waals surface area contributed by atoms with E-state index < -0.39 is 22.7 Å². The number of anilines is 2. The zero-order valence-corrected chi connectivity index (χ0v) is 14.6. The molecule has 2 rings (SSSR count). The number of nitrogens with zero attached hydrogens (tertiary/aromatic N) is 1. The van der Waals surface area contributed by atoms with Crippen LogP contribution in [0.15, 0.2) is 36.5 Å². The number of aromatic nitrogens is 1. The minimum absolute atomic E-state index is 0.0182. The predicted octanol–water partition coefficient (Wildman–Crippen LogP) is 4.45. The smallest absolute Gasteiger partial charge is 0.385 e. The van der Waals surface area contributed by atoms with Gasteiger partial charge >= 0.3 is 6.18 Å². The van der Waals surface area contributed by atoms with Crippen LogP contribution in [0.3, 0.4) is 0 Å². The monoisotopic (exact) mass is 387 g/mol. The third-order valence-corrected chi connectivity index (χ3v) is 3.71. The molecule has 9 heteroatoms. The first-order valence-electron chi connectivity index (χ1n) is 7.68. The molecule has 1 aromatic heterocycles. The number of ether oxygens (including phenoxy) is 1. The maximum Gasteiger partial charge on any atom is 0.417 e. The fraction of sp³-hybridized carbons (Fsp3) is 0.294. The zero-order valence-electron chi connectivity index (χ0n) is 13.9. The largest absolute Gasteiger partial charge is 0.417 e. The fourth-order valence-electron chi connectivity index (χ4n) is 2.10. The summed E-state index contributed by atoms with van der Waals surface area (Å²) in [6.07, 6.45) is -2.31. The van der Waals surface area contributed by atoms with Gasteiger partial charge in [-0.2, -0.15) is 13.2 Å². The lowest BCUT2D eigenvalue weighted by Gasteiger charge is -2.12. The fourth-order valence-corrected chi connectivity index (χ4v) is 2.32. The van der Waals surface area contributed by atoms with Gasteiger partial charge in [0.2, 0.25) is 0 Å². The Hall–Kier alpha value is -2.32. The second-order valence-corrected chi connectivity index (χ2v) is 5.76. The van der Waals surface area contributed by atoms with Crippen LogP contribution in [0.4, 0.5) is 24.5 Å². The molecule has 0 unspecified atom stereocenters. The van der Waals surface area contributed by atoms with Gasteiger partial charge in [-0.15, -0.1) is 0 Å². The SMILES string of the molecule is COCCCNc1ccc(C(=O)Nc2ccc(Cl)c(C(F)(F)F)c2)nc1. The number of halogens is 4. The van der Waals surface area contributed by atoms with E-state index in [1.807, 2.05) is 0 Å². The molecule has 0 aliphatic carbocycles. The van der Waals surface area contributed by atoms with Gasteiger partial charge in [-0.25, -0.2) is 4.98 Å². The van der Waals surface area contributed by atoms with Crippen molar-refractivity contribution in [3.8, 4) is 0 Å². The van der Waals surface area contributed by atoms with Crippen molar-refractivity contribution >= 4 is 28.9 Å². The Morgan fingerprint density at radius 2 is 1.96 bits per heavy atom. The molecule has 0 spiro atoms. The highest BCUT2D eigenvalue weighted by Gasteiger charge is 2.33. The molecule has 5 nitrogen and oxygen atoms in total. The Morgan fingerprint density at radius 3 is 2.58 bits per heavy atom. The van der Waals surface area contributed by atoms with Gasteiger partial charge in [0, 0.05) is 25.9 Å². The van der Waals surface area contributed by atoms with E-state index in [0.29, 0.717) is 13.2 Å². The number of pyridine rings is 1. The van der Waals surface area contributed by atoms with Gasteiger partial charge in [0.15, 0.2) is 0 Å². The number of rotatable bonds is 7. The summed E-state index contributed by atoms with van der Waals surface area (Å²) in [6.45, 7) is 1.31. The molecule has 2 N–H and O–H groups in total. The van der Waals surface area contributed by atoms with E-state index >= 15 is 0 Å². The van der Waals surface area contributed by atoms with E-state index in [1.54, 1.807) is 13.2 Å². The van der Waals surface area contributed by atoms with Crippen molar-refractivity contribution in [2.75, 3.05) is 30.9 Å². The molecule has 1 heterocycles. The molecule has 0 aliphatic heterocycles. The Bertz CT molecular complexity index is 752. The van der Waals surface area contributed by atoms with Crippen LogP contribution in [0.25, 0.3) is 0 Å². The van der Waals surface area contributed by atoms with Crippen molar-refractivity contribution in [1.29, 1.82) is 0 Å². The zero-order chi connectivity index (χ0) is 19.2. The van der Waals surface area contributed by atoms with Gasteiger partial charge in [0.1, 0.15) is 5.69 Å². The Kier molecular flexibility index (Phi) is 6.82. The molecule has 26 heavy (non-hydrogen) atoms. The van der Waals surface area contributed by atoms with Crippen LogP contribution in [-0.4, -0.2) is 31.2 Å². The standard InChI is InChI=1S/C17H17ClF3N3O2/c1-26-8-2-7-22-12-4-6-15(23-10-12)16(25)24-11-3-5-14(18)13(9-11)17(19,20)21/h3-6,9-10,22H,2,7-8H2,1H3,(H,24,25). The number of hydrogen-bond acceptors (Lipinski definition) is 4. The summed E-state index contributed by atoms with van der Waals surface area (Å²) in [5, 5.41) is 5.06. The number of methoxy groups -OCH3 is 1. The summed E-state index contributed by atoms with van der Waals surface area (Å²) in [6, 6.07) is 6.31. The Labute approximate surface area is 153 Å². The van der Waals surface area contributed by atoms with Crippen LogP contribution >= 0.6 is 11.6 Å². The average Bonchev–Trinajstić information content (AvgIpc) is 2.60. The molecule has 0 aliphatic rings. The number of carbonyl (C=O) groups is 1. The summed E-state index contributed by atoms with van der Waals surface area (Å²) >= 11 is 5.55. The maximum absolute atomic E-state index is 12.9. The maximum atomic E-state index is 12.9. The van der Waals surface area contributed by atoms with Gasteiger partial charge < -0.3 is 15.4 Å². The second kappa shape index (κ2) is 8.86. The highest BCUT2D eigenvalue weighted by Crippen LogP contribution is 2.36. The molecule has 0 radical (unpaired) electrons. The van der Waals surface area contributed by atoms with Crippen LogP contribution in [-0.2, 0) is 10.9 Å². The topological polar surface area (TPSA) is 63.2 Å². The van der Waals surface area contributed by atoms with Crippen molar-refractivity contribution in [2.24, 2.45) is 0 Å². The van der Waals surface area contributed by atoms with Gasteiger partial charge in [0.05, 0.1) is 22.5 Å². The molecular formula is C17H17ClF3N3O2. The number of hydrogen-bond donors (Lipinski definition) is 2. The summed E-state index contributed by atoms with van der Waals surface area (Å²) < 4.78 is 43.5. The lowest BCUT2D eigenvalue weighted by atomic mass is 10.2. The van der Waals surface area contributed by atoms with Crippen LogP contribution in [0.1, 0.15) is 22.5 Å². The Morgan fingerprint density at radius 1 is 1.23 bits per heavy atom. The highest BCUT2D eigenvalue weighted by atomic mass is 35.5. The van der Waals surface area contributed by atoms with Gasteiger partial charge in [-0.05, 0) is 36.8 Å². The predicted molar refractivity (Wildman–Crippen MR) is 93.6 cm³/mol. The number of carbonyl (C=O) groups excluding carboxylic acids is 1. The van der Waals surface area contributed by atoms with Crippen molar-refractivity contribution in [3.05, 3.63) is 52.8 Å². The number of benzene rings is 1.